The zero-order valence-corrected chi connectivity index (χ0v) is 13.2. The largest absolute Gasteiger partial charge is 0.494 e. The number of rotatable bonds is 4. The molecule has 0 saturated carbocycles. The third kappa shape index (κ3) is 2.62. The molecule has 1 aromatic heterocycles. The summed E-state index contributed by atoms with van der Waals surface area (Å²) >= 11 is 0. The summed E-state index contributed by atoms with van der Waals surface area (Å²) in [6.45, 7) is 6.84. The molecule has 0 spiro atoms. The van der Waals surface area contributed by atoms with Gasteiger partial charge in [0.25, 0.3) is 0 Å². The Morgan fingerprint density at radius 2 is 1.64 bits per heavy atom. The molecule has 0 aliphatic carbocycles. The van der Waals surface area contributed by atoms with Crippen LogP contribution in [-0.2, 0) is 0 Å². The molecule has 0 atom stereocenters. The van der Waals surface area contributed by atoms with E-state index in [1.165, 1.54) is 11.1 Å². The number of hydrogen-bond donors (Lipinski definition) is 0. The highest BCUT2D eigenvalue weighted by atomic mass is 16.5. The molecule has 1 heterocycles. The third-order valence-electron chi connectivity index (χ3n) is 3.75. The van der Waals surface area contributed by atoms with Crippen molar-refractivity contribution in [3.63, 3.8) is 0 Å². The van der Waals surface area contributed by atoms with Crippen molar-refractivity contribution in [1.82, 2.24) is 9.78 Å². The van der Waals surface area contributed by atoms with Crippen LogP contribution in [0.25, 0.3) is 16.8 Å². The molecule has 2 aromatic carbocycles. The van der Waals surface area contributed by atoms with Gasteiger partial charge in [-0.2, -0.15) is 5.10 Å². The number of para-hydroxylation sites is 1. The van der Waals surface area contributed by atoms with Crippen LogP contribution in [0.4, 0.5) is 0 Å². The van der Waals surface area contributed by atoms with E-state index >= 15 is 0 Å². The molecule has 0 saturated heterocycles. The molecule has 112 valence electrons. The number of benzene rings is 2. The molecule has 0 aliphatic heterocycles. The van der Waals surface area contributed by atoms with Crippen molar-refractivity contribution in [2.24, 2.45) is 0 Å². The maximum atomic E-state index is 5.51. The fraction of sp³-hybridized carbons (Fsp3) is 0.211. The monoisotopic (exact) mass is 292 g/mol. The zero-order chi connectivity index (χ0) is 15.5. The van der Waals surface area contributed by atoms with Crippen LogP contribution in [0.1, 0.15) is 18.3 Å². The van der Waals surface area contributed by atoms with E-state index < -0.39 is 0 Å². The van der Waals surface area contributed by atoms with Crippen LogP contribution in [0, 0.1) is 13.8 Å². The first-order chi connectivity index (χ1) is 10.7. The van der Waals surface area contributed by atoms with Crippen LogP contribution in [0.3, 0.4) is 0 Å². The number of ether oxygens (including phenoxy) is 1. The Hall–Kier alpha value is -2.55. The van der Waals surface area contributed by atoms with Crippen LogP contribution >= 0.6 is 0 Å². The third-order valence-corrected chi connectivity index (χ3v) is 3.75. The topological polar surface area (TPSA) is 27.1 Å². The van der Waals surface area contributed by atoms with E-state index in [1.807, 2.05) is 41.9 Å². The van der Waals surface area contributed by atoms with Gasteiger partial charge in [0, 0.05) is 11.3 Å². The van der Waals surface area contributed by atoms with Crippen molar-refractivity contribution in [3.8, 4) is 22.6 Å². The summed E-state index contributed by atoms with van der Waals surface area (Å²) in [6.07, 6.45) is 0. The van der Waals surface area contributed by atoms with Crippen molar-refractivity contribution in [3.05, 3.63) is 66.0 Å². The van der Waals surface area contributed by atoms with Gasteiger partial charge in [0.15, 0.2) is 0 Å². The minimum Gasteiger partial charge on any atom is -0.494 e. The molecule has 3 nitrogen and oxygen atoms in total. The lowest BCUT2D eigenvalue weighted by Gasteiger charge is -2.07. The van der Waals surface area contributed by atoms with Crippen LogP contribution < -0.4 is 4.74 Å². The van der Waals surface area contributed by atoms with Crippen molar-refractivity contribution in [1.29, 1.82) is 0 Å². The van der Waals surface area contributed by atoms with Crippen molar-refractivity contribution >= 4 is 0 Å². The van der Waals surface area contributed by atoms with E-state index in [2.05, 4.69) is 38.1 Å². The molecule has 3 rings (SSSR count). The van der Waals surface area contributed by atoms with Gasteiger partial charge in [0.05, 0.1) is 18.0 Å². The maximum absolute atomic E-state index is 5.51. The average Bonchev–Trinajstić information content (AvgIpc) is 2.84. The van der Waals surface area contributed by atoms with Gasteiger partial charge in [-0.05, 0) is 50.6 Å². The lowest BCUT2D eigenvalue weighted by Crippen LogP contribution is -1.98. The zero-order valence-electron chi connectivity index (χ0n) is 13.2. The first kappa shape index (κ1) is 14.4. The van der Waals surface area contributed by atoms with E-state index in [0.29, 0.717) is 6.61 Å². The van der Waals surface area contributed by atoms with Gasteiger partial charge in [-0.15, -0.1) is 0 Å². The highest BCUT2D eigenvalue weighted by Gasteiger charge is 2.14. The molecule has 0 amide bonds. The highest BCUT2D eigenvalue weighted by molar-refractivity contribution is 5.69. The molecule has 0 N–H and O–H groups in total. The Labute approximate surface area is 131 Å². The predicted octanol–water partition coefficient (Wildman–Crippen LogP) is 4.55. The Morgan fingerprint density at radius 1 is 0.955 bits per heavy atom. The van der Waals surface area contributed by atoms with Gasteiger partial charge in [-0.1, -0.05) is 30.3 Å². The Morgan fingerprint density at radius 3 is 2.27 bits per heavy atom. The van der Waals surface area contributed by atoms with Gasteiger partial charge in [-0.3, -0.25) is 0 Å². The number of aromatic nitrogens is 2. The maximum Gasteiger partial charge on any atom is 0.119 e. The Balaban J connectivity index is 2.03. The second-order valence-electron chi connectivity index (χ2n) is 5.25. The molecule has 0 bridgehead atoms. The first-order valence-electron chi connectivity index (χ1n) is 7.55. The van der Waals surface area contributed by atoms with E-state index in [4.69, 9.17) is 9.84 Å². The first-order valence-corrected chi connectivity index (χ1v) is 7.55. The standard InChI is InChI=1S/C19H20N2O/c1-4-22-18-12-10-16(11-13-18)19-14(2)20-21(15(19)3)17-8-6-5-7-9-17/h5-13H,4H2,1-3H3. The SMILES string of the molecule is CCOc1ccc(-c2c(C)nn(-c3ccccc3)c2C)cc1. The average molecular weight is 292 g/mol. The summed E-state index contributed by atoms with van der Waals surface area (Å²) in [7, 11) is 0. The van der Waals surface area contributed by atoms with E-state index in [0.717, 1.165) is 22.8 Å². The summed E-state index contributed by atoms with van der Waals surface area (Å²) < 4.78 is 7.51. The number of hydrogen-bond acceptors (Lipinski definition) is 2. The van der Waals surface area contributed by atoms with E-state index in [-0.39, 0.29) is 0 Å². The molecule has 0 unspecified atom stereocenters. The van der Waals surface area contributed by atoms with Gasteiger partial charge in [0.2, 0.25) is 0 Å². The molecule has 0 radical (unpaired) electrons. The molecule has 22 heavy (non-hydrogen) atoms. The molecular formula is C19H20N2O. The van der Waals surface area contributed by atoms with Crippen LogP contribution in [0.2, 0.25) is 0 Å². The van der Waals surface area contributed by atoms with Crippen LogP contribution in [0.5, 0.6) is 5.75 Å². The molecular weight excluding hydrogens is 272 g/mol. The fourth-order valence-corrected chi connectivity index (χ4v) is 2.77. The molecule has 3 heteroatoms. The van der Waals surface area contributed by atoms with Crippen molar-refractivity contribution < 1.29 is 4.74 Å². The smallest absolute Gasteiger partial charge is 0.119 e. The summed E-state index contributed by atoms with van der Waals surface area (Å²) in [5.41, 5.74) is 5.62. The molecule has 0 aliphatic rings. The van der Waals surface area contributed by atoms with Crippen LogP contribution in [0.15, 0.2) is 54.6 Å². The summed E-state index contributed by atoms with van der Waals surface area (Å²) in [5, 5.41) is 4.70. The number of nitrogens with zero attached hydrogens (tertiary/aromatic N) is 2. The van der Waals surface area contributed by atoms with Gasteiger partial charge >= 0.3 is 0 Å². The molecule has 3 aromatic rings. The summed E-state index contributed by atoms with van der Waals surface area (Å²) in [5.74, 6) is 0.900. The number of aryl methyl sites for hydroxylation is 1. The minimum absolute atomic E-state index is 0.684. The van der Waals surface area contributed by atoms with Gasteiger partial charge in [-0.25, -0.2) is 4.68 Å². The van der Waals surface area contributed by atoms with E-state index in [9.17, 15) is 0 Å². The van der Waals surface area contributed by atoms with Crippen molar-refractivity contribution in [2.45, 2.75) is 20.8 Å². The lowest BCUT2D eigenvalue weighted by atomic mass is 10.0. The second kappa shape index (κ2) is 6.06. The van der Waals surface area contributed by atoms with E-state index in [1.54, 1.807) is 0 Å². The highest BCUT2D eigenvalue weighted by Crippen LogP contribution is 2.29. The fourth-order valence-electron chi connectivity index (χ4n) is 2.77. The normalized spacial score (nSPS) is 10.7. The summed E-state index contributed by atoms with van der Waals surface area (Å²) in [4.78, 5) is 0. The van der Waals surface area contributed by atoms with Crippen LogP contribution in [-0.4, -0.2) is 16.4 Å². The molecule has 0 fully saturated rings. The summed E-state index contributed by atoms with van der Waals surface area (Å²) in [6, 6.07) is 18.4. The Bertz CT molecular complexity index is 758. The minimum atomic E-state index is 0.684. The van der Waals surface area contributed by atoms with Gasteiger partial charge in [0.1, 0.15) is 5.75 Å². The quantitative estimate of drug-likeness (QED) is 0.705. The lowest BCUT2D eigenvalue weighted by molar-refractivity contribution is 0.340. The predicted molar refractivity (Wildman–Crippen MR) is 89.6 cm³/mol. The second-order valence-corrected chi connectivity index (χ2v) is 5.25. The Kier molecular flexibility index (Phi) is 3.96. The van der Waals surface area contributed by atoms with Crippen molar-refractivity contribution in [2.75, 3.05) is 6.61 Å². The van der Waals surface area contributed by atoms with Gasteiger partial charge < -0.3 is 4.74 Å².